The number of hydrogen-bond donors (Lipinski definition) is 1. The molecule has 0 aromatic carbocycles. The van der Waals surface area contributed by atoms with Gasteiger partial charge >= 0.3 is 5.97 Å². The highest BCUT2D eigenvalue weighted by molar-refractivity contribution is 7.98. The van der Waals surface area contributed by atoms with E-state index in [0.717, 1.165) is 17.0 Å². The maximum Gasteiger partial charge on any atom is 0.328 e. The Morgan fingerprint density at radius 1 is 1.35 bits per heavy atom. The third-order valence-electron chi connectivity index (χ3n) is 3.91. The predicted molar refractivity (Wildman–Crippen MR) is 85.6 cm³/mol. The van der Waals surface area contributed by atoms with Gasteiger partial charge in [0.05, 0.1) is 13.2 Å². The van der Waals surface area contributed by atoms with E-state index in [1.165, 1.54) is 16.7 Å². The van der Waals surface area contributed by atoms with Crippen LogP contribution in [0.4, 0.5) is 0 Å². The topological polar surface area (TPSA) is 92.6 Å². The van der Waals surface area contributed by atoms with Crippen LogP contribution in [-0.4, -0.2) is 63.9 Å². The molecular weight excluding hydrogens is 318 g/mol. The summed E-state index contributed by atoms with van der Waals surface area (Å²) < 4.78 is 5.15. The lowest BCUT2D eigenvalue weighted by molar-refractivity contribution is -0.158. The molecule has 1 aromatic heterocycles. The highest BCUT2D eigenvalue weighted by Gasteiger charge is 2.32. The van der Waals surface area contributed by atoms with E-state index in [-0.39, 0.29) is 18.9 Å². The van der Waals surface area contributed by atoms with Crippen LogP contribution >= 0.6 is 11.8 Å². The largest absolute Gasteiger partial charge is 0.480 e. The van der Waals surface area contributed by atoms with Crippen molar-refractivity contribution in [3.05, 3.63) is 17.0 Å². The highest BCUT2D eigenvalue weighted by Crippen LogP contribution is 2.18. The minimum absolute atomic E-state index is 0.0463. The number of amides is 1. The molecule has 1 fully saturated rings. The SMILES string of the molecule is CSc1nc(C)c(CCC(=O)N2CCOCC2C(=O)O)c(C)n1. The number of ether oxygens (including phenoxy) is 1. The number of morpholine rings is 1. The molecule has 23 heavy (non-hydrogen) atoms. The maximum absolute atomic E-state index is 12.4. The standard InChI is InChI=1S/C15H21N3O4S/c1-9-11(10(2)17-15(16-9)23-3)4-5-13(19)18-6-7-22-8-12(18)14(20)21/h12H,4-8H2,1-3H3,(H,20,21). The van der Waals surface area contributed by atoms with Crippen LogP contribution in [0.15, 0.2) is 5.16 Å². The Balaban J connectivity index is 2.05. The fraction of sp³-hybridized carbons (Fsp3) is 0.600. The number of aromatic nitrogens is 2. The second kappa shape index (κ2) is 7.74. The zero-order valence-electron chi connectivity index (χ0n) is 13.5. The first-order chi connectivity index (χ1) is 10.9. The number of hydrogen-bond acceptors (Lipinski definition) is 6. The average molecular weight is 339 g/mol. The van der Waals surface area contributed by atoms with E-state index in [9.17, 15) is 14.7 Å². The molecule has 1 N–H and O–H groups in total. The molecule has 1 aliphatic rings. The lowest BCUT2D eigenvalue weighted by Crippen LogP contribution is -2.52. The van der Waals surface area contributed by atoms with E-state index in [1.807, 2.05) is 20.1 Å². The minimum atomic E-state index is -1.03. The molecule has 1 saturated heterocycles. The Bertz CT molecular complexity index is 585. The van der Waals surface area contributed by atoms with Crippen molar-refractivity contribution in [2.24, 2.45) is 0 Å². The van der Waals surface area contributed by atoms with Crippen LogP contribution in [0.3, 0.4) is 0 Å². The van der Waals surface area contributed by atoms with Crippen molar-refractivity contribution in [1.82, 2.24) is 14.9 Å². The molecule has 1 aromatic rings. The highest BCUT2D eigenvalue weighted by atomic mass is 32.2. The van der Waals surface area contributed by atoms with Crippen molar-refractivity contribution in [2.75, 3.05) is 26.0 Å². The number of carboxylic acids is 1. The van der Waals surface area contributed by atoms with Gasteiger partial charge in [-0.25, -0.2) is 14.8 Å². The summed E-state index contributed by atoms with van der Waals surface area (Å²) in [6, 6.07) is -0.895. The van der Waals surface area contributed by atoms with Gasteiger partial charge in [-0.1, -0.05) is 11.8 Å². The molecular formula is C15H21N3O4S. The average Bonchev–Trinajstić information content (AvgIpc) is 2.53. The van der Waals surface area contributed by atoms with Crippen LogP contribution in [0.5, 0.6) is 0 Å². The molecule has 126 valence electrons. The molecule has 7 nitrogen and oxygen atoms in total. The summed E-state index contributed by atoms with van der Waals surface area (Å²) in [5, 5.41) is 9.91. The number of nitrogens with zero attached hydrogens (tertiary/aromatic N) is 3. The van der Waals surface area contributed by atoms with E-state index in [4.69, 9.17) is 4.74 Å². The van der Waals surface area contributed by atoms with Gasteiger partial charge in [0, 0.05) is 24.4 Å². The van der Waals surface area contributed by atoms with Gasteiger partial charge in [-0.3, -0.25) is 4.79 Å². The summed E-state index contributed by atoms with van der Waals surface area (Å²) in [6.45, 7) is 4.55. The lowest BCUT2D eigenvalue weighted by Gasteiger charge is -2.33. The quantitative estimate of drug-likeness (QED) is 0.633. The van der Waals surface area contributed by atoms with Crippen LogP contribution in [0.2, 0.25) is 0 Å². The van der Waals surface area contributed by atoms with Gasteiger partial charge in [0.2, 0.25) is 5.91 Å². The van der Waals surface area contributed by atoms with Gasteiger partial charge < -0.3 is 14.7 Å². The Kier molecular flexibility index (Phi) is 5.95. The van der Waals surface area contributed by atoms with E-state index >= 15 is 0 Å². The van der Waals surface area contributed by atoms with Gasteiger partial charge in [-0.2, -0.15) is 0 Å². The van der Waals surface area contributed by atoms with Crippen molar-refractivity contribution in [1.29, 1.82) is 0 Å². The smallest absolute Gasteiger partial charge is 0.328 e. The third-order valence-corrected chi connectivity index (χ3v) is 4.45. The summed E-state index contributed by atoms with van der Waals surface area (Å²) in [6.07, 6.45) is 2.67. The van der Waals surface area contributed by atoms with E-state index in [1.54, 1.807) is 0 Å². The third kappa shape index (κ3) is 4.20. The number of carbonyl (C=O) groups excluding carboxylic acids is 1. The molecule has 1 unspecified atom stereocenters. The van der Waals surface area contributed by atoms with Gasteiger partial charge in [0.15, 0.2) is 11.2 Å². The van der Waals surface area contributed by atoms with Crippen LogP contribution in [0.1, 0.15) is 23.4 Å². The summed E-state index contributed by atoms with van der Waals surface area (Å²) in [5.41, 5.74) is 2.69. The van der Waals surface area contributed by atoms with Gasteiger partial charge in [0.1, 0.15) is 0 Å². The van der Waals surface area contributed by atoms with Crippen molar-refractivity contribution < 1.29 is 19.4 Å². The zero-order valence-corrected chi connectivity index (χ0v) is 14.4. The number of carboxylic acid groups (broad SMARTS) is 1. The minimum Gasteiger partial charge on any atom is -0.480 e. The molecule has 0 spiro atoms. The molecule has 2 rings (SSSR count). The Morgan fingerprint density at radius 2 is 2.00 bits per heavy atom. The van der Waals surface area contributed by atoms with Crippen LogP contribution in [-0.2, 0) is 20.7 Å². The van der Waals surface area contributed by atoms with Crippen molar-refractivity contribution in [3.8, 4) is 0 Å². The number of rotatable bonds is 5. The molecule has 1 atom stereocenters. The summed E-state index contributed by atoms with van der Waals surface area (Å²) in [5.74, 6) is -1.20. The summed E-state index contributed by atoms with van der Waals surface area (Å²) in [4.78, 5) is 33.8. The van der Waals surface area contributed by atoms with E-state index in [0.29, 0.717) is 24.7 Å². The normalized spacial score (nSPS) is 18.0. The monoisotopic (exact) mass is 339 g/mol. The van der Waals surface area contributed by atoms with E-state index < -0.39 is 12.0 Å². The molecule has 0 saturated carbocycles. The van der Waals surface area contributed by atoms with Crippen molar-refractivity contribution in [3.63, 3.8) is 0 Å². The van der Waals surface area contributed by atoms with Crippen molar-refractivity contribution in [2.45, 2.75) is 37.9 Å². The van der Waals surface area contributed by atoms with Gasteiger partial charge in [-0.15, -0.1) is 0 Å². The van der Waals surface area contributed by atoms with Crippen molar-refractivity contribution >= 4 is 23.6 Å². The van der Waals surface area contributed by atoms with Crippen LogP contribution in [0.25, 0.3) is 0 Å². The van der Waals surface area contributed by atoms with E-state index in [2.05, 4.69) is 9.97 Å². The molecule has 0 bridgehead atoms. The first kappa shape index (κ1) is 17.7. The number of aryl methyl sites for hydroxylation is 2. The first-order valence-corrected chi connectivity index (χ1v) is 8.64. The van der Waals surface area contributed by atoms with Crippen LogP contribution < -0.4 is 0 Å². The summed E-state index contributed by atoms with van der Waals surface area (Å²) >= 11 is 1.48. The lowest BCUT2D eigenvalue weighted by atomic mass is 10.1. The maximum atomic E-state index is 12.4. The Labute approximate surface area is 139 Å². The van der Waals surface area contributed by atoms with Crippen LogP contribution in [0, 0.1) is 13.8 Å². The predicted octanol–water partition coefficient (Wildman–Crippen LogP) is 1.06. The molecule has 2 heterocycles. The number of carbonyl (C=O) groups is 2. The second-order valence-corrected chi connectivity index (χ2v) is 6.15. The fourth-order valence-corrected chi connectivity index (χ4v) is 3.10. The molecule has 0 radical (unpaired) electrons. The molecule has 1 aliphatic heterocycles. The number of thioether (sulfide) groups is 1. The Hall–Kier alpha value is -1.67. The van der Waals surface area contributed by atoms with Gasteiger partial charge in [-0.05, 0) is 32.1 Å². The first-order valence-electron chi connectivity index (χ1n) is 7.42. The van der Waals surface area contributed by atoms with Gasteiger partial charge in [0.25, 0.3) is 0 Å². The molecule has 0 aliphatic carbocycles. The fourth-order valence-electron chi connectivity index (χ4n) is 2.64. The second-order valence-electron chi connectivity index (χ2n) is 5.38. The Morgan fingerprint density at radius 3 is 2.57 bits per heavy atom. The number of aliphatic carboxylic acids is 1. The molecule has 8 heteroatoms. The molecule has 1 amide bonds. The zero-order chi connectivity index (χ0) is 17.0. The summed E-state index contributed by atoms with van der Waals surface area (Å²) in [7, 11) is 0.